The molecule has 6 rings (SSSR count). The maximum Gasteiger partial charge on any atom is 0.433 e. The van der Waals surface area contributed by atoms with Gasteiger partial charge in [0.05, 0.1) is 23.0 Å². The SMILES string of the molecule is CC1(C)C(N(O)C(=O)Nc2cccc3ccccc23)N(c2cccc3ccccc23)C(=O)N1CC(=O)N/N=C/C=Cc1ccc([N+](=O)[O-])o1. The van der Waals surface area contributed by atoms with Crippen molar-refractivity contribution in [1.29, 1.82) is 0 Å². The minimum Gasteiger partial charge on any atom is -0.401 e. The van der Waals surface area contributed by atoms with Crippen LogP contribution in [-0.2, 0) is 4.79 Å². The zero-order valence-electron chi connectivity index (χ0n) is 26.4. The summed E-state index contributed by atoms with van der Waals surface area (Å²) in [5, 5.41) is 32.7. The summed E-state index contributed by atoms with van der Waals surface area (Å²) in [7, 11) is 0. The number of benzene rings is 4. The Morgan fingerprint density at radius 3 is 2.35 bits per heavy atom. The van der Waals surface area contributed by atoms with E-state index < -0.39 is 47.0 Å². The van der Waals surface area contributed by atoms with Gasteiger partial charge in [0.1, 0.15) is 17.2 Å². The number of nitro groups is 1. The van der Waals surface area contributed by atoms with Gasteiger partial charge in [0, 0.05) is 17.0 Å². The van der Waals surface area contributed by atoms with Crippen molar-refractivity contribution < 1.29 is 28.9 Å². The summed E-state index contributed by atoms with van der Waals surface area (Å²) in [6, 6.07) is 26.8. The Balaban J connectivity index is 1.26. The van der Waals surface area contributed by atoms with Gasteiger partial charge in [-0.1, -0.05) is 72.8 Å². The van der Waals surface area contributed by atoms with Crippen molar-refractivity contribution in [2.45, 2.75) is 25.6 Å². The number of carbonyl (C=O) groups is 3. The second-order valence-corrected chi connectivity index (χ2v) is 11.7. The fraction of sp³-hybridized carbons (Fsp3) is 0.143. The Morgan fingerprint density at radius 2 is 1.63 bits per heavy atom. The molecule has 1 aromatic heterocycles. The number of rotatable bonds is 9. The Kier molecular flexibility index (Phi) is 8.79. The number of anilines is 2. The highest BCUT2D eigenvalue weighted by Gasteiger charge is 2.56. The normalized spacial score (nSPS) is 15.8. The quantitative estimate of drug-likeness (QED) is 0.0692. The number of amides is 5. The molecule has 5 aromatic rings. The van der Waals surface area contributed by atoms with Crippen molar-refractivity contribution in [3.8, 4) is 0 Å². The van der Waals surface area contributed by atoms with Crippen LogP contribution in [0.1, 0.15) is 19.6 Å². The number of nitrogens with one attached hydrogen (secondary N) is 2. The third-order valence-electron chi connectivity index (χ3n) is 8.21. The van der Waals surface area contributed by atoms with Crippen LogP contribution in [-0.4, -0.2) is 62.5 Å². The number of hydrogen-bond acceptors (Lipinski definition) is 8. The van der Waals surface area contributed by atoms with Gasteiger partial charge in [0.25, 0.3) is 5.91 Å². The van der Waals surface area contributed by atoms with Gasteiger partial charge in [-0.15, -0.1) is 0 Å². The molecule has 14 nitrogen and oxygen atoms in total. The lowest BCUT2D eigenvalue weighted by Gasteiger charge is -2.38. The maximum atomic E-state index is 14.2. The summed E-state index contributed by atoms with van der Waals surface area (Å²) in [5.41, 5.74) is 1.94. The zero-order valence-corrected chi connectivity index (χ0v) is 26.4. The highest BCUT2D eigenvalue weighted by Crippen LogP contribution is 2.40. The van der Waals surface area contributed by atoms with Crippen LogP contribution in [0.25, 0.3) is 27.6 Å². The molecular formula is C35H31N7O7. The maximum absolute atomic E-state index is 14.2. The van der Waals surface area contributed by atoms with Gasteiger partial charge in [0.15, 0.2) is 6.17 Å². The largest absolute Gasteiger partial charge is 0.433 e. The second-order valence-electron chi connectivity index (χ2n) is 11.7. The molecule has 4 aromatic carbocycles. The molecule has 1 fully saturated rings. The van der Waals surface area contributed by atoms with Gasteiger partial charge >= 0.3 is 17.9 Å². The first kappa shape index (κ1) is 32.4. The summed E-state index contributed by atoms with van der Waals surface area (Å²) >= 11 is 0. The van der Waals surface area contributed by atoms with Crippen molar-refractivity contribution >= 4 is 69.1 Å². The monoisotopic (exact) mass is 661 g/mol. The average molecular weight is 662 g/mol. The van der Waals surface area contributed by atoms with E-state index in [1.54, 1.807) is 38.1 Å². The number of furan rings is 1. The standard InChI is InChI=1S/C35H31N7O7/c1-35(2)32(41(46)33(44)37-28-17-7-12-23-10-3-5-15-26(23)28)40(29-18-8-13-24-11-4-6-16-27(24)29)34(45)39(35)22-30(43)38-36-21-9-14-25-19-20-31(49-25)42(47)48/h3-21,32,46H,22H2,1-2H3,(H,37,44)(H,38,43)/b14-9?,36-21+. The van der Waals surface area contributed by atoms with E-state index in [0.717, 1.165) is 16.2 Å². The lowest BCUT2D eigenvalue weighted by atomic mass is 9.99. The molecule has 0 saturated carbocycles. The van der Waals surface area contributed by atoms with Crippen molar-refractivity contribution in [3.05, 3.63) is 119 Å². The van der Waals surface area contributed by atoms with Crippen LogP contribution in [0.3, 0.4) is 0 Å². The van der Waals surface area contributed by atoms with Crippen molar-refractivity contribution in [2.75, 3.05) is 16.8 Å². The summed E-state index contributed by atoms with van der Waals surface area (Å²) in [5.74, 6) is -0.847. The van der Waals surface area contributed by atoms with E-state index in [1.165, 1.54) is 40.3 Å². The molecule has 248 valence electrons. The van der Waals surface area contributed by atoms with Gasteiger partial charge < -0.3 is 14.6 Å². The van der Waals surface area contributed by atoms with Crippen LogP contribution in [0.5, 0.6) is 0 Å². The fourth-order valence-corrected chi connectivity index (χ4v) is 5.89. The Bertz CT molecular complexity index is 2130. The summed E-state index contributed by atoms with van der Waals surface area (Å²) in [6.45, 7) is 2.84. The number of carbonyl (C=O) groups excluding carboxylic acids is 3. The minimum absolute atomic E-state index is 0.214. The molecule has 2 heterocycles. The highest BCUT2D eigenvalue weighted by molar-refractivity contribution is 6.07. The van der Waals surface area contributed by atoms with Crippen LogP contribution in [0.2, 0.25) is 0 Å². The molecule has 1 saturated heterocycles. The van der Waals surface area contributed by atoms with E-state index >= 15 is 0 Å². The molecule has 1 unspecified atom stereocenters. The van der Waals surface area contributed by atoms with Crippen molar-refractivity contribution in [2.24, 2.45) is 5.10 Å². The first-order chi connectivity index (χ1) is 23.6. The molecule has 1 atom stereocenters. The molecule has 49 heavy (non-hydrogen) atoms. The van der Waals surface area contributed by atoms with Crippen LogP contribution in [0.15, 0.2) is 113 Å². The second kappa shape index (κ2) is 13.3. The topological polar surface area (TPSA) is 174 Å². The first-order valence-electron chi connectivity index (χ1n) is 15.1. The van der Waals surface area contributed by atoms with Gasteiger partial charge in [-0.3, -0.25) is 25.0 Å². The molecular weight excluding hydrogens is 630 g/mol. The number of urea groups is 2. The first-order valence-corrected chi connectivity index (χ1v) is 15.1. The smallest absolute Gasteiger partial charge is 0.401 e. The predicted octanol–water partition coefficient (Wildman–Crippen LogP) is 6.58. The van der Waals surface area contributed by atoms with Crippen LogP contribution in [0.4, 0.5) is 26.8 Å². The summed E-state index contributed by atoms with van der Waals surface area (Å²) in [4.78, 5) is 53.7. The molecule has 0 aliphatic carbocycles. The molecule has 5 amide bonds. The molecule has 14 heteroatoms. The van der Waals surface area contributed by atoms with E-state index in [9.17, 15) is 29.7 Å². The summed E-state index contributed by atoms with van der Waals surface area (Å²) in [6.07, 6.45) is 2.78. The van der Waals surface area contributed by atoms with Gasteiger partial charge in [-0.2, -0.15) is 10.2 Å². The van der Waals surface area contributed by atoms with Gasteiger partial charge in [-0.05, 0) is 55.0 Å². The Hall–Kier alpha value is -6.54. The Morgan fingerprint density at radius 1 is 0.980 bits per heavy atom. The number of allylic oxidation sites excluding steroid dienone is 1. The number of fused-ring (bicyclic) bond motifs is 2. The number of nitrogens with zero attached hydrogens (tertiary/aromatic N) is 5. The average Bonchev–Trinajstić information content (AvgIpc) is 3.65. The number of hydroxylamine groups is 2. The van der Waals surface area contributed by atoms with E-state index in [-0.39, 0.29) is 5.76 Å². The number of hydrazone groups is 1. The van der Waals surface area contributed by atoms with E-state index in [1.807, 2.05) is 60.7 Å². The van der Waals surface area contributed by atoms with E-state index in [2.05, 4.69) is 15.8 Å². The van der Waals surface area contributed by atoms with E-state index in [0.29, 0.717) is 21.8 Å². The Labute approximate surface area is 279 Å². The number of hydrogen-bond donors (Lipinski definition) is 3. The van der Waals surface area contributed by atoms with Crippen molar-refractivity contribution in [1.82, 2.24) is 15.4 Å². The summed E-state index contributed by atoms with van der Waals surface area (Å²) < 4.78 is 5.03. The predicted molar refractivity (Wildman–Crippen MR) is 184 cm³/mol. The molecule has 0 radical (unpaired) electrons. The highest BCUT2D eigenvalue weighted by atomic mass is 16.6. The molecule has 0 bridgehead atoms. The fourth-order valence-electron chi connectivity index (χ4n) is 5.89. The van der Waals surface area contributed by atoms with Gasteiger partial charge in [-0.25, -0.2) is 15.0 Å². The van der Waals surface area contributed by atoms with Crippen LogP contribution >= 0.6 is 0 Å². The molecule has 0 spiro atoms. The lowest BCUT2D eigenvalue weighted by molar-refractivity contribution is -0.402. The third-order valence-corrected chi connectivity index (χ3v) is 8.21. The molecule has 1 aliphatic heterocycles. The lowest BCUT2D eigenvalue weighted by Crippen LogP contribution is -2.58. The third kappa shape index (κ3) is 6.40. The minimum atomic E-state index is -1.31. The van der Waals surface area contributed by atoms with E-state index in [4.69, 9.17) is 4.42 Å². The molecule has 1 aliphatic rings. The van der Waals surface area contributed by atoms with Gasteiger partial charge in [0.2, 0.25) is 0 Å². The van der Waals surface area contributed by atoms with Crippen LogP contribution in [0, 0.1) is 10.1 Å². The zero-order chi connectivity index (χ0) is 34.7. The van der Waals surface area contributed by atoms with Crippen LogP contribution < -0.4 is 15.6 Å². The van der Waals surface area contributed by atoms with Crippen molar-refractivity contribution in [3.63, 3.8) is 0 Å². The molecule has 3 N–H and O–H groups in total.